The Bertz CT molecular complexity index is 658. The molecule has 2 aromatic rings. The van der Waals surface area contributed by atoms with Crippen molar-refractivity contribution in [3.8, 4) is 5.75 Å². The Hall–Kier alpha value is -2.00. The molecule has 0 bridgehead atoms. The van der Waals surface area contributed by atoms with Gasteiger partial charge in [0.15, 0.2) is 0 Å². The number of carbonyl (C=O) groups is 1. The van der Waals surface area contributed by atoms with Gasteiger partial charge >= 0.3 is 0 Å². The van der Waals surface area contributed by atoms with Crippen molar-refractivity contribution in [3.05, 3.63) is 64.7 Å². The van der Waals surface area contributed by atoms with Crippen molar-refractivity contribution in [3.63, 3.8) is 0 Å². The van der Waals surface area contributed by atoms with Gasteiger partial charge in [-0.15, -0.1) is 0 Å². The van der Waals surface area contributed by atoms with Gasteiger partial charge in [-0.2, -0.15) is 0 Å². The number of carbonyl (C=O) groups excluding carboxylic acids is 1. The lowest BCUT2D eigenvalue weighted by Gasteiger charge is -2.20. The van der Waals surface area contributed by atoms with Crippen molar-refractivity contribution in [1.29, 1.82) is 0 Å². The van der Waals surface area contributed by atoms with Crippen LogP contribution in [0.1, 0.15) is 43.7 Å². The third-order valence-corrected chi connectivity index (χ3v) is 4.21. The topological polar surface area (TPSA) is 49.3 Å². The Balaban J connectivity index is 2.33. The van der Waals surface area contributed by atoms with Crippen LogP contribution in [0.4, 0.5) is 0 Å². The summed E-state index contributed by atoms with van der Waals surface area (Å²) in [5.74, 6) is -0.119. The lowest BCUT2D eigenvalue weighted by molar-refractivity contribution is -0.121. The van der Waals surface area contributed by atoms with Crippen LogP contribution in [-0.2, 0) is 4.79 Å². The number of halogens is 1. The minimum absolute atomic E-state index is 0.0346. The SMILES string of the molecule is CC[C@@H](C)NC(=O)C[C@H](c1ccccc1)c1cc(Cl)ccc1O. The summed E-state index contributed by atoms with van der Waals surface area (Å²) in [5, 5.41) is 13.7. The Labute approximate surface area is 142 Å². The van der Waals surface area contributed by atoms with E-state index in [-0.39, 0.29) is 30.0 Å². The van der Waals surface area contributed by atoms with Crippen molar-refractivity contribution < 1.29 is 9.90 Å². The first-order chi connectivity index (χ1) is 11.0. The summed E-state index contributed by atoms with van der Waals surface area (Å²) in [6.07, 6.45) is 1.15. The average molecular weight is 332 g/mol. The number of phenolic OH excluding ortho intramolecular Hbond substituents is 1. The summed E-state index contributed by atoms with van der Waals surface area (Å²) >= 11 is 6.08. The number of amides is 1. The van der Waals surface area contributed by atoms with E-state index in [1.165, 1.54) is 0 Å². The zero-order valence-corrected chi connectivity index (χ0v) is 14.2. The minimum atomic E-state index is -0.237. The molecule has 23 heavy (non-hydrogen) atoms. The molecular weight excluding hydrogens is 310 g/mol. The summed E-state index contributed by atoms with van der Waals surface area (Å²) < 4.78 is 0. The van der Waals surface area contributed by atoms with Gasteiger partial charge < -0.3 is 10.4 Å². The third kappa shape index (κ3) is 4.73. The molecule has 0 spiro atoms. The molecule has 4 heteroatoms. The summed E-state index contributed by atoms with van der Waals surface area (Å²) in [4.78, 5) is 12.3. The van der Waals surface area contributed by atoms with E-state index in [9.17, 15) is 9.90 Å². The van der Waals surface area contributed by atoms with E-state index in [1.54, 1.807) is 18.2 Å². The highest BCUT2D eigenvalue weighted by Crippen LogP contribution is 2.35. The van der Waals surface area contributed by atoms with E-state index in [4.69, 9.17) is 11.6 Å². The third-order valence-electron chi connectivity index (χ3n) is 3.98. The van der Waals surface area contributed by atoms with E-state index < -0.39 is 0 Å². The monoisotopic (exact) mass is 331 g/mol. The number of aromatic hydroxyl groups is 1. The number of rotatable bonds is 6. The quantitative estimate of drug-likeness (QED) is 0.819. The van der Waals surface area contributed by atoms with Crippen LogP contribution >= 0.6 is 11.6 Å². The maximum Gasteiger partial charge on any atom is 0.221 e. The van der Waals surface area contributed by atoms with Crippen molar-refractivity contribution in [2.24, 2.45) is 0 Å². The molecular formula is C19H22ClNO2. The normalized spacial score (nSPS) is 13.3. The molecule has 2 N–H and O–H groups in total. The molecule has 122 valence electrons. The Morgan fingerprint density at radius 1 is 1.22 bits per heavy atom. The molecule has 0 saturated heterocycles. The first-order valence-corrected chi connectivity index (χ1v) is 8.21. The summed E-state index contributed by atoms with van der Waals surface area (Å²) in [6, 6.07) is 14.8. The van der Waals surface area contributed by atoms with Crippen LogP contribution in [0.15, 0.2) is 48.5 Å². The summed E-state index contributed by atoms with van der Waals surface area (Å²) in [7, 11) is 0. The van der Waals surface area contributed by atoms with E-state index in [0.29, 0.717) is 10.6 Å². The van der Waals surface area contributed by atoms with Crippen molar-refractivity contribution >= 4 is 17.5 Å². The fraction of sp³-hybridized carbons (Fsp3) is 0.316. The smallest absolute Gasteiger partial charge is 0.221 e. The van der Waals surface area contributed by atoms with Crippen molar-refractivity contribution in [2.75, 3.05) is 0 Å². The molecule has 2 atom stereocenters. The standard InChI is InChI=1S/C19H22ClNO2/c1-3-13(2)21-19(23)12-16(14-7-5-4-6-8-14)17-11-15(20)9-10-18(17)22/h4-11,13,16,22H,3,12H2,1-2H3,(H,21,23)/t13-,16-/m1/s1. The minimum Gasteiger partial charge on any atom is -0.508 e. The average Bonchev–Trinajstić information content (AvgIpc) is 2.55. The molecule has 2 aromatic carbocycles. The van der Waals surface area contributed by atoms with E-state index in [0.717, 1.165) is 12.0 Å². The first-order valence-electron chi connectivity index (χ1n) is 7.84. The van der Waals surface area contributed by atoms with Gasteiger partial charge in [-0.25, -0.2) is 0 Å². The van der Waals surface area contributed by atoms with E-state index in [1.807, 2.05) is 44.2 Å². The van der Waals surface area contributed by atoms with Crippen LogP contribution in [0.5, 0.6) is 5.75 Å². The Morgan fingerprint density at radius 3 is 2.57 bits per heavy atom. The van der Waals surface area contributed by atoms with Gasteiger partial charge in [0, 0.05) is 29.0 Å². The maximum absolute atomic E-state index is 12.3. The van der Waals surface area contributed by atoms with Crippen LogP contribution in [0.25, 0.3) is 0 Å². The maximum atomic E-state index is 12.3. The van der Waals surface area contributed by atoms with Crippen LogP contribution in [0.3, 0.4) is 0 Å². The van der Waals surface area contributed by atoms with Crippen LogP contribution in [0, 0.1) is 0 Å². The number of benzene rings is 2. The second-order valence-corrected chi connectivity index (χ2v) is 6.18. The molecule has 0 aliphatic carbocycles. The van der Waals surface area contributed by atoms with Crippen LogP contribution < -0.4 is 5.32 Å². The Morgan fingerprint density at radius 2 is 1.91 bits per heavy atom. The van der Waals surface area contributed by atoms with Gasteiger partial charge in [-0.05, 0) is 37.1 Å². The van der Waals surface area contributed by atoms with Crippen LogP contribution in [0.2, 0.25) is 5.02 Å². The molecule has 0 aliphatic heterocycles. The Kier molecular flexibility index (Phi) is 6.05. The second kappa shape index (κ2) is 8.02. The lowest BCUT2D eigenvalue weighted by Crippen LogP contribution is -2.33. The van der Waals surface area contributed by atoms with Gasteiger partial charge in [0.2, 0.25) is 5.91 Å². The highest BCUT2D eigenvalue weighted by atomic mass is 35.5. The lowest BCUT2D eigenvalue weighted by atomic mass is 9.87. The van der Waals surface area contributed by atoms with Gasteiger partial charge in [-0.3, -0.25) is 4.79 Å². The van der Waals surface area contributed by atoms with Crippen molar-refractivity contribution in [2.45, 2.75) is 38.6 Å². The fourth-order valence-corrected chi connectivity index (χ4v) is 2.70. The first kappa shape index (κ1) is 17.4. The molecule has 2 rings (SSSR count). The molecule has 0 fully saturated rings. The highest BCUT2D eigenvalue weighted by molar-refractivity contribution is 6.30. The number of hydrogen-bond donors (Lipinski definition) is 2. The number of phenols is 1. The van der Waals surface area contributed by atoms with Gasteiger partial charge in [0.25, 0.3) is 0 Å². The largest absolute Gasteiger partial charge is 0.508 e. The molecule has 0 radical (unpaired) electrons. The molecule has 0 unspecified atom stereocenters. The molecule has 0 aliphatic rings. The molecule has 0 aromatic heterocycles. The number of nitrogens with one attached hydrogen (secondary N) is 1. The summed E-state index contributed by atoms with van der Waals surface area (Å²) in [6.45, 7) is 4.01. The molecule has 1 amide bonds. The van der Waals surface area contributed by atoms with E-state index >= 15 is 0 Å². The molecule has 3 nitrogen and oxygen atoms in total. The zero-order valence-electron chi connectivity index (χ0n) is 13.4. The van der Waals surface area contributed by atoms with Crippen LogP contribution in [-0.4, -0.2) is 17.1 Å². The van der Waals surface area contributed by atoms with Gasteiger partial charge in [-0.1, -0.05) is 48.9 Å². The van der Waals surface area contributed by atoms with Crippen molar-refractivity contribution in [1.82, 2.24) is 5.32 Å². The fourth-order valence-electron chi connectivity index (χ4n) is 2.52. The predicted molar refractivity (Wildman–Crippen MR) is 93.9 cm³/mol. The van der Waals surface area contributed by atoms with Gasteiger partial charge in [0.1, 0.15) is 5.75 Å². The predicted octanol–water partition coefficient (Wildman–Crippen LogP) is 4.48. The zero-order chi connectivity index (χ0) is 16.8. The number of hydrogen-bond acceptors (Lipinski definition) is 2. The second-order valence-electron chi connectivity index (χ2n) is 5.75. The molecule has 0 heterocycles. The highest BCUT2D eigenvalue weighted by Gasteiger charge is 2.22. The molecule has 0 saturated carbocycles. The van der Waals surface area contributed by atoms with Gasteiger partial charge in [0.05, 0.1) is 0 Å². The summed E-state index contributed by atoms with van der Waals surface area (Å²) in [5.41, 5.74) is 1.65. The van der Waals surface area contributed by atoms with E-state index in [2.05, 4.69) is 5.32 Å².